The molecule has 5 aromatic rings. The van der Waals surface area contributed by atoms with Gasteiger partial charge < -0.3 is 0 Å². The van der Waals surface area contributed by atoms with E-state index in [4.69, 9.17) is 9.97 Å². The molecule has 138 valence electrons. The summed E-state index contributed by atoms with van der Waals surface area (Å²) in [7, 11) is 0. The normalized spacial score (nSPS) is 11.5. The minimum Gasteiger partial charge on any atom is -0.243 e. The Balaban J connectivity index is 1.69. The molecule has 1 aromatic carbocycles. The fourth-order valence-electron chi connectivity index (χ4n) is 2.80. The highest BCUT2D eigenvalue weighted by molar-refractivity contribution is 8.00. The third-order valence-corrected chi connectivity index (χ3v) is 7.96. The lowest BCUT2D eigenvalue weighted by Crippen LogP contribution is -1.90. The van der Waals surface area contributed by atoms with Crippen molar-refractivity contribution in [2.24, 2.45) is 0 Å². The van der Waals surface area contributed by atoms with Gasteiger partial charge in [-0.25, -0.2) is 9.97 Å². The Labute approximate surface area is 176 Å². The van der Waals surface area contributed by atoms with Gasteiger partial charge in [0.2, 0.25) is 0 Å². The molecule has 4 aromatic heterocycles. The van der Waals surface area contributed by atoms with Crippen molar-refractivity contribution in [1.29, 1.82) is 0 Å². The zero-order valence-electron chi connectivity index (χ0n) is 14.8. The van der Waals surface area contributed by atoms with E-state index in [1.54, 1.807) is 46.2 Å². The molecule has 0 aliphatic carbocycles. The van der Waals surface area contributed by atoms with Crippen molar-refractivity contribution >= 4 is 68.0 Å². The van der Waals surface area contributed by atoms with Gasteiger partial charge in [0.25, 0.3) is 0 Å². The van der Waals surface area contributed by atoms with Crippen LogP contribution in [0.25, 0.3) is 43.2 Å². The lowest BCUT2D eigenvalue weighted by Gasteiger charge is -2.05. The number of thioether (sulfide) groups is 2. The molecule has 0 spiro atoms. The summed E-state index contributed by atoms with van der Waals surface area (Å²) in [5.41, 5.74) is 3.33. The molecule has 4 heterocycles. The van der Waals surface area contributed by atoms with E-state index < -0.39 is 0 Å². The molecular weight excluding hydrogens is 429 g/mol. The van der Waals surface area contributed by atoms with Crippen LogP contribution in [0, 0.1) is 0 Å². The van der Waals surface area contributed by atoms with Crippen LogP contribution < -0.4 is 0 Å². The Morgan fingerprint density at radius 2 is 1.04 bits per heavy atom. The van der Waals surface area contributed by atoms with Crippen molar-refractivity contribution in [1.82, 2.24) is 30.4 Å². The first-order chi connectivity index (χ1) is 13.7. The summed E-state index contributed by atoms with van der Waals surface area (Å²) in [6, 6.07) is 12.2. The van der Waals surface area contributed by atoms with E-state index in [1.807, 2.05) is 24.6 Å². The smallest absolute Gasteiger partial charge is 0.174 e. The Hall–Kier alpha value is -2.14. The molecule has 0 radical (unpaired) electrons. The molecule has 0 fully saturated rings. The van der Waals surface area contributed by atoms with E-state index in [-0.39, 0.29) is 0 Å². The predicted octanol–water partition coefficient (Wildman–Crippen LogP) is 5.26. The lowest BCUT2D eigenvalue weighted by atomic mass is 10.1. The molecule has 0 aliphatic rings. The number of fused-ring (bicyclic) bond motifs is 3. The van der Waals surface area contributed by atoms with Crippen molar-refractivity contribution in [3.63, 3.8) is 0 Å². The topological polar surface area (TPSA) is 77.3 Å². The van der Waals surface area contributed by atoms with Gasteiger partial charge in [-0.3, -0.25) is 0 Å². The number of nitrogens with zero attached hydrogens (tertiary/aromatic N) is 6. The summed E-state index contributed by atoms with van der Waals surface area (Å²) in [5.74, 6) is 0. The SMILES string of the molecule is CSc1nnc(-c2ccc3ccc4ccc(-c5nnc(SC)s5)nc4c3n2)s1. The quantitative estimate of drug-likeness (QED) is 0.276. The Bertz CT molecular complexity index is 1210. The number of hydrogen-bond donors (Lipinski definition) is 0. The molecular formula is C18H12N6S4. The first-order valence-electron chi connectivity index (χ1n) is 8.21. The second-order valence-electron chi connectivity index (χ2n) is 5.76. The molecule has 0 unspecified atom stereocenters. The lowest BCUT2D eigenvalue weighted by molar-refractivity contribution is 1.01. The molecule has 6 nitrogen and oxygen atoms in total. The average molecular weight is 441 g/mol. The van der Waals surface area contributed by atoms with Crippen LogP contribution in [0.15, 0.2) is 45.1 Å². The molecule has 0 saturated carbocycles. The summed E-state index contributed by atoms with van der Waals surface area (Å²) >= 11 is 6.26. The number of hydrogen-bond acceptors (Lipinski definition) is 10. The summed E-state index contributed by atoms with van der Waals surface area (Å²) in [5, 5.41) is 20.6. The zero-order chi connectivity index (χ0) is 19.1. The van der Waals surface area contributed by atoms with Gasteiger partial charge in [-0.1, -0.05) is 70.5 Å². The van der Waals surface area contributed by atoms with Crippen LogP contribution in [-0.2, 0) is 0 Å². The Morgan fingerprint density at radius 3 is 1.43 bits per heavy atom. The predicted molar refractivity (Wildman–Crippen MR) is 118 cm³/mol. The van der Waals surface area contributed by atoms with Crippen LogP contribution in [0.3, 0.4) is 0 Å². The third kappa shape index (κ3) is 3.16. The van der Waals surface area contributed by atoms with Crippen molar-refractivity contribution in [2.75, 3.05) is 12.5 Å². The highest BCUT2D eigenvalue weighted by atomic mass is 32.2. The van der Waals surface area contributed by atoms with E-state index in [9.17, 15) is 0 Å². The summed E-state index contributed by atoms with van der Waals surface area (Å²) in [6.07, 6.45) is 3.99. The maximum atomic E-state index is 4.88. The Kier molecular flexibility index (Phi) is 4.71. The molecule has 28 heavy (non-hydrogen) atoms. The van der Waals surface area contributed by atoms with Gasteiger partial charge in [0.1, 0.15) is 11.4 Å². The van der Waals surface area contributed by atoms with Gasteiger partial charge in [-0.05, 0) is 24.6 Å². The number of benzene rings is 1. The van der Waals surface area contributed by atoms with Gasteiger partial charge in [0.05, 0.1) is 11.0 Å². The molecule has 0 N–H and O–H groups in total. The fraction of sp³-hybridized carbons (Fsp3) is 0.111. The fourth-order valence-corrected chi connectivity index (χ4v) is 5.28. The molecule has 0 atom stereocenters. The molecule has 5 rings (SSSR count). The van der Waals surface area contributed by atoms with Crippen LogP contribution in [0.5, 0.6) is 0 Å². The van der Waals surface area contributed by atoms with Crippen molar-refractivity contribution in [2.45, 2.75) is 8.68 Å². The first-order valence-corrected chi connectivity index (χ1v) is 12.3. The Morgan fingerprint density at radius 1 is 0.607 bits per heavy atom. The van der Waals surface area contributed by atoms with Gasteiger partial charge in [-0.2, -0.15) is 0 Å². The van der Waals surface area contributed by atoms with Crippen molar-refractivity contribution in [3.05, 3.63) is 36.4 Å². The van der Waals surface area contributed by atoms with Gasteiger partial charge in [0, 0.05) is 10.8 Å². The highest BCUT2D eigenvalue weighted by Crippen LogP contribution is 2.32. The van der Waals surface area contributed by atoms with E-state index >= 15 is 0 Å². The second-order valence-corrected chi connectivity index (χ2v) is 9.82. The maximum Gasteiger partial charge on any atom is 0.174 e. The largest absolute Gasteiger partial charge is 0.243 e. The molecule has 0 amide bonds. The van der Waals surface area contributed by atoms with Crippen LogP contribution in [0.4, 0.5) is 0 Å². The van der Waals surface area contributed by atoms with Gasteiger partial charge in [-0.15, -0.1) is 20.4 Å². The zero-order valence-corrected chi connectivity index (χ0v) is 18.0. The average Bonchev–Trinajstić information content (AvgIpc) is 3.42. The first kappa shape index (κ1) is 17.9. The number of rotatable bonds is 4. The standard InChI is InChI=1S/C18H12N6S4/c1-25-17-23-21-15(27-17)11-7-5-9-3-4-10-6-8-12(20-14(10)13(9)19-11)16-22-24-18(26-2)28-16/h3-8H,1-2H3. The van der Waals surface area contributed by atoms with Crippen molar-refractivity contribution < 1.29 is 0 Å². The van der Waals surface area contributed by atoms with Crippen LogP contribution in [0.1, 0.15) is 0 Å². The highest BCUT2D eigenvalue weighted by Gasteiger charge is 2.13. The minimum atomic E-state index is 0.811. The summed E-state index contributed by atoms with van der Waals surface area (Å²) in [6.45, 7) is 0. The van der Waals surface area contributed by atoms with Crippen LogP contribution in [-0.4, -0.2) is 42.9 Å². The van der Waals surface area contributed by atoms with E-state index in [0.29, 0.717) is 0 Å². The van der Waals surface area contributed by atoms with Crippen LogP contribution >= 0.6 is 46.2 Å². The van der Waals surface area contributed by atoms with Crippen molar-refractivity contribution in [3.8, 4) is 21.4 Å². The molecule has 0 aliphatic heterocycles. The molecule has 10 heteroatoms. The van der Waals surface area contributed by atoms with E-state index in [0.717, 1.165) is 51.9 Å². The van der Waals surface area contributed by atoms with Crippen LogP contribution in [0.2, 0.25) is 0 Å². The summed E-state index contributed by atoms with van der Waals surface area (Å²) in [4.78, 5) is 9.75. The molecule has 0 saturated heterocycles. The van der Waals surface area contributed by atoms with Gasteiger partial charge >= 0.3 is 0 Å². The summed E-state index contributed by atoms with van der Waals surface area (Å²) < 4.78 is 1.85. The minimum absolute atomic E-state index is 0.811. The number of aromatic nitrogens is 6. The molecule has 0 bridgehead atoms. The van der Waals surface area contributed by atoms with E-state index in [1.165, 1.54) is 0 Å². The number of pyridine rings is 2. The monoisotopic (exact) mass is 440 g/mol. The van der Waals surface area contributed by atoms with E-state index in [2.05, 4.69) is 44.7 Å². The van der Waals surface area contributed by atoms with Gasteiger partial charge in [0.15, 0.2) is 18.7 Å². The second kappa shape index (κ2) is 7.36. The third-order valence-electron chi connectivity index (χ3n) is 4.12. The maximum absolute atomic E-state index is 4.88.